The van der Waals surface area contributed by atoms with Crippen molar-refractivity contribution < 1.29 is 18.4 Å². The Kier molecular flexibility index (Phi) is 5.83. The van der Waals surface area contributed by atoms with Crippen LogP contribution in [0.2, 0.25) is 0 Å². The van der Waals surface area contributed by atoms with E-state index in [4.69, 9.17) is 0 Å². The van der Waals surface area contributed by atoms with Crippen molar-refractivity contribution in [2.45, 2.75) is 13.5 Å². The number of nitrogens with one attached hydrogen (secondary N) is 3. The van der Waals surface area contributed by atoms with E-state index in [1.807, 2.05) is 0 Å². The predicted molar refractivity (Wildman–Crippen MR) is 87.4 cm³/mol. The summed E-state index contributed by atoms with van der Waals surface area (Å²) in [6.45, 7) is 1.54. The number of hydrogen-bond acceptors (Lipinski definition) is 3. The highest BCUT2D eigenvalue weighted by atomic mass is 19.1. The Bertz CT molecular complexity index is 733. The number of amides is 2. The molecule has 2 aromatic carbocycles. The lowest BCUT2D eigenvalue weighted by Crippen LogP contribution is -2.29. The Balaban J connectivity index is 1.85. The van der Waals surface area contributed by atoms with Gasteiger partial charge in [-0.05, 0) is 35.9 Å². The first kappa shape index (κ1) is 17.4. The van der Waals surface area contributed by atoms with Crippen LogP contribution in [-0.2, 0) is 16.1 Å². The molecule has 2 rings (SSSR count). The Hall–Kier alpha value is -2.96. The van der Waals surface area contributed by atoms with Crippen molar-refractivity contribution in [1.29, 1.82) is 0 Å². The van der Waals surface area contributed by atoms with Gasteiger partial charge in [0.25, 0.3) is 0 Å². The van der Waals surface area contributed by atoms with Gasteiger partial charge in [0.1, 0.15) is 11.6 Å². The van der Waals surface area contributed by atoms with Crippen LogP contribution < -0.4 is 16.0 Å². The van der Waals surface area contributed by atoms with Gasteiger partial charge in [-0.1, -0.05) is 12.1 Å². The lowest BCUT2D eigenvalue weighted by molar-refractivity contribution is -0.119. The van der Waals surface area contributed by atoms with Crippen LogP contribution in [0.4, 0.5) is 20.2 Å². The normalized spacial score (nSPS) is 10.1. The third kappa shape index (κ3) is 5.35. The van der Waals surface area contributed by atoms with Crippen LogP contribution in [0.25, 0.3) is 0 Å². The first-order valence-corrected chi connectivity index (χ1v) is 7.26. The molecule has 0 saturated heterocycles. The maximum atomic E-state index is 13.5. The molecule has 3 N–H and O–H groups in total. The van der Waals surface area contributed by atoms with Crippen molar-refractivity contribution in [3.63, 3.8) is 0 Å². The molecule has 0 aromatic heterocycles. The highest BCUT2D eigenvalue weighted by Crippen LogP contribution is 2.19. The number of rotatable bonds is 6. The van der Waals surface area contributed by atoms with E-state index in [0.29, 0.717) is 5.69 Å². The third-order valence-electron chi connectivity index (χ3n) is 3.13. The fraction of sp³-hybridized carbons (Fsp3) is 0.176. The number of carbonyl (C=O) groups excluding carboxylic acids is 2. The summed E-state index contributed by atoms with van der Waals surface area (Å²) in [5.74, 6) is -1.55. The summed E-state index contributed by atoms with van der Waals surface area (Å²) in [4.78, 5) is 22.8. The van der Waals surface area contributed by atoms with Gasteiger partial charge in [-0.15, -0.1) is 0 Å². The maximum Gasteiger partial charge on any atom is 0.239 e. The zero-order valence-corrected chi connectivity index (χ0v) is 13.0. The summed E-state index contributed by atoms with van der Waals surface area (Å²) >= 11 is 0. The number of hydrogen-bond donors (Lipinski definition) is 3. The monoisotopic (exact) mass is 333 g/mol. The molecule has 2 aromatic rings. The topological polar surface area (TPSA) is 70.2 Å². The van der Waals surface area contributed by atoms with Crippen molar-refractivity contribution in [1.82, 2.24) is 5.32 Å². The van der Waals surface area contributed by atoms with Gasteiger partial charge in [0.15, 0.2) is 0 Å². The van der Waals surface area contributed by atoms with Crippen molar-refractivity contribution in [3.8, 4) is 0 Å². The smallest absolute Gasteiger partial charge is 0.239 e. The van der Waals surface area contributed by atoms with Crippen LogP contribution in [-0.4, -0.2) is 18.4 Å². The van der Waals surface area contributed by atoms with E-state index in [-0.39, 0.29) is 36.4 Å². The molecule has 0 aliphatic rings. The number of benzene rings is 2. The van der Waals surface area contributed by atoms with E-state index in [1.165, 1.54) is 37.3 Å². The SMILES string of the molecule is CC(=O)Nc1cc(NCC(=O)NCc2ccc(F)cc2)ccc1F. The lowest BCUT2D eigenvalue weighted by Gasteiger charge is -2.10. The predicted octanol–water partition coefficient (Wildman–Crippen LogP) is 2.65. The third-order valence-corrected chi connectivity index (χ3v) is 3.13. The van der Waals surface area contributed by atoms with Gasteiger partial charge in [-0.2, -0.15) is 0 Å². The molecule has 0 heterocycles. The molecule has 0 saturated carbocycles. The standard InChI is InChI=1S/C17H17F2N3O2/c1-11(23)22-16-8-14(6-7-15(16)19)20-10-17(24)21-9-12-2-4-13(18)5-3-12/h2-8,20H,9-10H2,1H3,(H,21,24)(H,22,23). The van der Waals surface area contributed by atoms with Gasteiger partial charge in [-0.3, -0.25) is 9.59 Å². The number of carbonyl (C=O) groups is 2. The zero-order chi connectivity index (χ0) is 17.5. The Morgan fingerprint density at radius 1 is 1.04 bits per heavy atom. The molecule has 0 fully saturated rings. The molecule has 0 radical (unpaired) electrons. The number of anilines is 2. The molecule has 24 heavy (non-hydrogen) atoms. The first-order valence-electron chi connectivity index (χ1n) is 7.26. The van der Waals surface area contributed by atoms with E-state index in [9.17, 15) is 18.4 Å². The minimum Gasteiger partial charge on any atom is -0.376 e. The summed E-state index contributed by atoms with van der Waals surface area (Å²) in [5.41, 5.74) is 1.32. The quantitative estimate of drug-likeness (QED) is 0.761. The van der Waals surface area contributed by atoms with Crippen LogP contribution in [0.1, 0.15) is 12.5 Å². The van der Waals surface area contributed by atoms with E-state index in [2.05, 4.69) is 16.0 Å². The van der Waals surface area contributed by atoms with Crippen LogP contribution in [0.3, 0.4) is 0 Å². The lowest BCUT2D eigenvalue weighted by atomic mass is 10.2. The minimum atomic E-state index is -0.559. The average Bonchev–Trinajstić information content (AvgIpc) is 2.54. The summed E-state index contributed by atoms with van der Waals surface area (Å²) in [6.07, 6.45) is 0. The molecule has 0 atom stereocenters. The summed E-state index contributed by atoms with van der Waals surface area (Å²) in [5, 5.41) is 7.89. The zero-order valence-electron chi connectivity index (χ0n) is 13.0. The van der Waals surface area contributed by atoms with Crippen LogP contribution in [0, 0.1) is 11.6 Å². The van der Waals surface area contributed by atoms with Crippen molar-refractivity contribution in [2.24, 2.45) is 0 Å². The first-order chi connectivity index (χ1) is 11.4. The molecule has 5 nitrogen and oxygen atoms in total. The molecule has 0 spiro atoms. The minimum absolute atomic E-state index is 0.0215. The van der Waals surface area contributed by atoms with Crippen LogP contribution >= 0.6 is 0 Å². The molecule has 126 valence electrons. The molecule has 0 unspecified atom stereocenters. The van der Waals surface area contributed by atoms with Crippen molar-refractivity contribution >= 4 is 23.2 Å². The molecule has 0 bridgehead atoms. The Morgan fingerprint density at radius 3 is 2.42 bits per heavy atom. The molecule has 7 heteroatoms. The number of halogens is 2. The Labute approximate surface area is 138 Å². The van der Waals surface area contributed by atoms with Crippen molar-refractivity contribution in [3.05, 3.63) is 59.7 Å². The van der Waals surface area contributed by atoms with Gasteiger partial charge in [0, 0.05) is 19.2 Å². The summed E-state index contributed by atoms with van der Waals surface area (Å²) in [7, 11) is 0. The van der Waals surface area contributed by atoms with Gasteiger partial charge >= 0.3 is 0 Å². The molecule has 2 amide bonds. The molecular weight excluding hydrogens is 316 g/mol. The fourth-order valence-electron chi connectivity index (χ4n) is 1.97. The average molecular weight is 333 g/mol. The largest absolute Gasteiger partial charge is 0.376 e. The molecule has 0 aliphatic heterocycles. The molecule has 0 aliphatic carbocycles. The summed E-state index contributed by atoms with van der Waals surface area (Å²) < 4.78 is 26.3. The highest BCUT2D eigenvalue weighted by Gasteiger charge is 2.06. The summed E-state index contributed by atoms with van der Waals surface area (Å²) in [6, 6.07) is 9.89. The van der Waals surface area contributed by atoms with E-state index in [0.717, 1.165) is 5.56 Å². The van der Waals surface area contributed by atoms with Gasteiger partial charge < -0.3 is 16.0 Å². The van der Waals surface area contributed by atoms with E-state index >= 15 is 0 Å². The van der Waals surface area contributed by atoms with Crippen molar-refractivity contribution in [2.75, 3.05) is 17.2 Å². The maximum absolute atomic E-state index is 13.5. The van der Waals surface area contributed by atoms with E-state index in [1.54, 1.807) is 12.1 Å². The van der Waals surface area contributed by atoms with Crippen LogP contribution in [0.15, 0.2) is 42.5 Å². The van der Waals surface area contributed by atoms with E-state index < -0.39 is 5.82 Å². The van der Waals surface area contributed by atoms with Gasteiger partial charge in [-0.25, -0.2) is 8.78 Å². The highest BCUT2D eigenvalue weighted by molar-refractivity contribution is 5.89. The van der Waals surface area contributed by atoms with Gasteiger partial charge in [0.2, 0.25) is 11.8 Å². The fourth-order valence-corrected chi connectivity index (χ4v) is 1.97. The second-order valence-electron chi connectivity index (χ2n) is 5.13. The van der Waals surface area contributed by atoms with Crippen LogP contribution in [0.5, 0.6) is 0 Å². The Morgan fingerprint density at radius 2 is 1.75 bits per heavy atom. The second-order valence-corrected chi connectivity index (χ2v) is 5.13. The molecular formula is C17H17F2N3O2. The van der Waals surface area contributed by atoms with Gasteiger partial charge in [0.05, 0.1) is 12.2 Å². The second kappa shape index (κ2) is 8.05.